The first kappa shape index (κ1) is 36.3. The topological polar surface area (TPSA) is 260 Å². The van der Waals surface area contributed by atoms with Gasteiger partial charge in [0, 0.05) is 25.2 Å². The molecular formula is C26H40N2O12. The van der Waals surface area contributed by atoms with Crippen molar-refractivity contribution < 1.29 is 60.7 Å². The predicted octanol–water partition coefficient (Wildman–Crippen LogP) is 0.136. The van der Waals surface area contributed by atoms with Crippen molar-refractivity contribution in [2.45, 2.75) is 64.2 Å². The van der Waals surface area contributed by atoms with E-state index in [1.54, 1.807) is 12.1 Å². The largest absolute Gasteiger partial charge is 0.504 e. The maximum absolute atomic E-state index is 9.77. The van der Waals surface area contributed by atoms with Gasteiger partial charge in [0.15, 0.2) is 35.2 Å². The van der Waals surface area contributed by atoms with Crippen LogP contribution in [0, 0.1) is 0 Å². The highest BCUT2D eigenvalue weighted by Crippen LogP contribution is 2.28. The summed E-state index contributed by atoms with van der Waals surface area (Å²) in [5.74, 6) is -4.32. The molecular weight excluding hydrogens is 532 g/mol. The number of aliphatic hydroxyl groups excluding tert-OH is 4. The standard InChI is InChI=1S/2C11H17NO3.C4H6O6/c2*1-7(2)12-6-11(15)8-3-4-9(13)10(14)5-8;5-1(3(7)8)2(6)4(9)10/h2*3-5,7,11-15H,6H2,1-2H3;1-2,5-6H,(H,7,8)(H,9,10)/t2*11-;1-,2-/m001/s1. The molecule has 0 spiro atoms. The van der Waals surface area contributed by atoms with Crippen molar-refractivity contribution in [3.8, 4) is 23.0 Å². The Hall–Kier alpha value is -3.66. The fourth-order valence-electron chi connectivity index (χ4n) is 2.70. The average molecular weight is 573 g/mol. The van der Waals surface area contributed by atoms with Gasteiger partial charge in [0.25, 0.3) is 0 Å². The maximum Gasteiger partial charge on any atom is 0.335 e. The van der Waals surface area contributed by atoms with Crippen molar-refractivity contribution in [3.63, 3.8) is 0 Å². The maximum atomic E-state index is 9.77. The van der Waals surface area contributed by atoms with Crippen LogP contribution in [0.2, 0.25) is 0 Å². The molecule has 0 bridgehead atoms. The minimum absolute atomic E-state index is 0.178. The molecule has 0 heterocycles. The molecule has 226 valence electrons. The predicted molar refractivity (Wildman–Crippen MR) is 143 cm³/mol. The quantitative estimate of drug-likeness (QED) is 0.160. The second-order valence-electron chi connectivity index (χ2n) is 9.22. The summed E-state index contributed by atoms with van der Waals surface area (Å²) in [6, 6.07) is 9.22. The summed E-state index contributed by atoms with van der Waals surface area (Å²) in [6.45, 7) is 8.79. The van der Waals surface area contributed by atoms with Crippen LogP contribution in [-0.4, -0.2) is 100 Å². The number of hydrogen-bond acceptors (Lipinski definition) is 12. The fourth-order valence-corrected chi connectivity index (χ4v) is 2.70. The number of carboxylic acid groups (broad SMARTS) is 2. The van der Waals surface area contributed by atoms with Crippen LogP contribution in [0.15, 0.2) is 36.4 Å². The molecule has 2 rings (SSSR count). The van der Waals surface area contributed by atoms with Gasteiger partial charge >= 0.3 is 11.9 Å². The van der Waals surface area contributed by atoms with Gasteiger partial charge in [-0.3, -0.25) is 0 Å². The van der Waals surface area contributed by atoms with E-state index in [1.165, 1.54) is 24.3 Å². The summed E-state index contributed by atoms with van der Waals surface area (Å²) in [5.41, 5.74) is 1.16. The van der Waals surface area contributed by atoms with Crippen LogP contribution in [0.4, 0.5) is 0 Å². The first-order valence-electron chi connectivity index (χ1n) is 12.2. The van der Waals surface area contributed by atoms with Gasteiger partial charge in [-0.05, 0) is 35.4 Å². The highest BCUT2D eigenvalue weighted by Gasteiger charge is 2.29. The van der Waals surface area contributed by atoms with E-state index in [-0.39, 0.29) is 23.0 Å². The Kier molecular flexibility index (Phi) is 16.2. The van der Waals surface area contributed by atoms with Crippen molar-refractivity contribution in [1.82, 2.24) is 10.6 Å². The van der Waals surface area contributed by atoms with Gasteiger partial charge in [-0.1, -0.05) is 39.8 Å². The summed E-state index contributed by atoms with van der Waals surface area (Å²) in [4.78, 5) is 19.5. The molecule has 2 aromatic carbocycles. The van der Waals surface area contributed by atoms with E-state index in [4.69, 9.17) is 30.6 Å². The van der Waals surface area contributed by atoms with E-state index in [2.05, 4.69) is 10.6 Å². The molecule has 0 aliphatic carbocycles. The van der Waals surface area contributed by atoms with E-state index in [0.29, 0.717) is 36.3 Å². The normalized spacial score (nSPS) is 13.8. The molecule has 4 atom stereocenters. The third kappa shape index (κ3) is 13.9. The van der Waals surface area contributed by atoms with Gasteiger partial charge in [-0.15, -0.1) is 0 Å². The number of carboxylic acids is 2. The number of aliphatic carboxylic acids is 2. The van der Waals surface area contributed by atoms with Crippen molar-refractivity contribution in [2.75, 3.05) is 13.1 Å². The molecule has 0 aliphatic heterocycles. The molecule has 14 heteroatoms. The van der Waals surface area contributed by atoms with Crippen LogP contribution in [-0.2, 0) is 9.59 Å². The van der Waals surface area contributed by atoms with Gasteiger partial charge < -0.3 is 61.7 Å². The number of phenols is 4. The van der Waals surface area contributed by atoms with Crippen LogP contribution in [0.25, 0.3) is 0 Å². The zero-order valence-electron chi connectivity index (χ0n) is 22.6. The average Bonchev–Trinajstić information content (AvgIpc) is 2.88. The fraction of sp³-hybridized carbons (Fsp3) is 0.462. The third-order valence-electron chi connectivity index (χ3n) is 5.01. The van der Waals surface area contributed by atoms with E-state index < -0.39 is 36.4 Å². The molecule has 0 saturated heterocycles. The lowest BCUT2D eigenvalue weighted by Crippen LogP contribution is -2.39. The highest BCUT2D eigenvalue weighted by molar-refractivity contribution is 5.83. The van der Waals surface area contributed by atoms with Crippen LogP contribution in [0.5, 0.6) is 23.0 Å². The summed E-state index contributed by atoms with van der Waals surface area (Å²) in [7, 11) is 0. The first-order valence-corrected chi connectivity index (χ1v) is 12.2. The summed E-state index contributed by atoms with van der Waals surface area (Å²) in [6.07, 6.45) is -5.90. The molecule has 0 unspecified atom stereocenters. The Morgan fingerprint density at radius 3 is 1.12 bits per heavy atom. The van der Waals surface area contributed by atoms with E-state index >= 15 is 0 Å². The lowest BCUT2D eigenvalue weighted by Gasteiger charge is -2.14. The Labute approximate surface area is 231 Å². The highest BCUT2D eigenvalue weighted by atomic mass is 16.4. The van der Waals surface area contributed by atoms with Crippen molar-refractivity contribution in [3.05, 3.63) is 47.5 Å². The number of nitrogens with one attached hydrogen (secondary N) is 2. The van der Waals surface area contributed by atoms with Crippen molar-refractivity contribution in [2.24, 2.45) is 0 Å². The molecule has 0 radical (unpaired) electrons. The number of rotatable bonds is 11. The van der Waals surface area contributed by atoms with E-state index in [9.17, 15) is 30.0 Å². The summed E-state index contributed by atoms with van der Waals surface area (Å²) in [5, 5.41) is 94.8. The Morgan fingerprint density at radius 2 is 0.900 bits per heavy atom. The SMILES string of the molecule is CC(C)NC[C@H](O)c1ccc(O)c(O)c1.CC(C)NC[C@H](O)c1ccc(O)c(O)c1.O=C(O)[C@H](O)[C@@H](O)C(=O)O. The number of benzene rings is 2. The molecule has 12 N–H and O–H groups in total. The molecule has 0 aromatic heterocycles. The van der Waals surface area contributed by atoms with Gasteiger partial charge in [0.1, 0.15) is 0 Å². The van der Waals surface area contributed by atoms with Gasteiger partial charge in [0.2, 0.25) is 0 Å². The van der Waals surface area contributed by atoms with E-state index in [0.717, 1.165) is 0 Å². The van der Waals surface area contributed by atoms with Gasteiger partial charge in [0.05, 0.1) is 12.2 Å². The number of aromatic hydroxyl groups is 4. The van der Waals surface area contributed by atoms with Gasteiger partial charge in [-0.25, -0.2) is 9.59 Å². The van der Waals surface area contributed by atoms with Crippen molar-refractivity contribution in [1.29, 1.82) is 0 Å². The second kappa shape index (κ2) is 17.8. The number of carbonyl (C=O) groups is 2. The molecule has 2 aromatic rings. The lowest BCUT2D eigenvalue weighted by atomic mass is 10.1. The minimum Gasteiger partial charge on any atom is -0.504 e. The zero-order valence-corrected chi connectivity index (χ0v) is 22.6. The molecule has 40 heavy (non-hydrogen) atoms. The van der Waals surface area contributed by atoms with Gasteiger partial charge in [-0.2, -0.15) is 0 Å². The zero-order chi connectivity index (χ0) is 31.2. The van der Waals surface area contributed by atoms with Crippen LogP contribution in [0.1, 0.15) is 51.0 Å². The summed E-state index contributed by atoms with van der Waals surface area (Å²) >= 11 is 0. The second-order valence-corrected chi connectivity index (χ2v) is 9.22. The molecule has 0 saturated carbocycles. The lowest BCUT2D eigenvalue weighted by molar-refractivity contribution is -0.165. The Bertz CT molecular complexity index is 980. The minimum atomic E-state index is -2.27. The van der Waals surface area contributed by atoms with Crippen LogP contribution < -0.4 is 10.6 Å². The van der Waals surface area contributed by atoms with Crippen LogP contribution >= 0.6 is 0 Å². The molecule has 0 amide bonds. The Balaban J connectivity index is 0.000000585. The molecule has 0 aliphatic rings. The van der Waals surface area contributed by atoms with E-state index in [1.807, 2.05) is 27.7 Å². The monoisotopic (exact) mass is 572 g/mol. The summed E-state index contributed by atoms with van der Waals surface area (Å²) < 4.78 is 0. The number of hydrogen-bond donors (Lipinski definition) is 12. The van der Waals surface area contributed by atoms with Crippen LogP contribution in [0.3, 0.4) is 0 Å². The smallest absolute Gasteiger partial charge is 0.335 e. The number of phenolic OH excluding ortho intramolecular Hbond substituents is 4. The third-order valence-corrected chi connectivity index (χ3v) is 5.01. The Morgan fingerprint density at radius 1 is 0.600 bits per heavy atom. The van der Waals surface area contributed by atoms with Crippen molar-refractivity contribution >= 4 is 11.9 Å². The number of aliphatic hydroxyl groups is 4. The molecule has 0 fully saturated rings. The first-order chi connectivity index (χ1) is 18.5. The molecule has 14 nitrogen and oxygen atoms in total.